The van der Waals surface area contributed by atoms with Gasteiger partial charge in [0.1, 0.15) is 0 Å². The van der Waals surface area contributed by atoms with E-state index in [0.717, 1.165) is 21.9 Å². The van der Waals surface area contributed by atoms with Gasteiger partial charge in [-0.15, -0.1) is 23.1 Å². The molecule has 2 rings (SSSR count). The highest BCUT2D eigenvalue weighted by Crippen LogP contribution is 2.28. The number of benzene rings is 1. The van der Waals surface area contributed by atoms with Crippen LogP contribution in [0.15, 0.2) is 51.2 Å². The Balaban J connectivity index is 1.95. The van der Waals surface area contributed by atoms with Crippen LogP contribution in [0.5, 0.6) is 0 Å². The van der Waals surface area contributed by atoms with Gasteiger partial charge in [0.25, 0.3) is 0 Å². The fourth-order valence-electron chi connectivity index (χ4n) is 1.44. The van der Waals surface area contributed by atoms with Crippen molar-refractivity contribution in [3.8, 4) is 0 Å². The molecular formula is C14H11BrO2S2. The molecule has 0 unspecified atom stereocenters. The van der Waals surface area contributed by atoms with Crippen molar-refractivity contribution in [3.05, 3.63) is 56.7 Å². The second-order valence-corrected chi connectivity index (χ2v) is 6.72. The molecule has 0 saturated carbocycles. The van der Waals surface area contributed by atoms with Crippen molar-refractivity contribution < 1.29 is 9.90 Å². The van der Waals surface area contributed by atoms with E-state index >= 15 is 0 Å². The Kier molecular flexibility index (Phi) is 5.24. The highest BCUT2D eigenvalue weighted by atomic mass is 79.9. The number of rotatable bonds is 5. The normalized spacial score (nSPS) is 11.0. The minimum absolute atomic E-state index is 0.891. The molecule has 19 heavy (non-hydrogen) atoms. The van der Waals surface area contributed by atoms with Crippen molar-refractivity contribution in [2.45, 2.75) is 10.6 Å². The van der Waals surface area contributed by atoms with Gasteiger partial charge in [0, 0.05) is 26.1 Å². The summed E-state index contributed by atoms with van der Waals surface area (Å²) in [6.07, 6.45) is 2.78. The lowest BCUT2D eigenvalue weighted by molar-refractivity contribution is -0.131. The fraction of sp³-hybridized carbons (Fsp3) is 0.0714. The second kappa shape index (κ2) is 6.93. The first-order valence-corrected chi connectivity index (χ1v) is 8.16. The average molecular weight is 355 g/mol. The van der Waals surface area contributed by atoms with Crippen LogP contribution in [0.1, 0.15) is 10.4 Å². The molecule has 0 aliphatic heterocycles. The van der Waals surface area contributed by atoms with Crippen LogP contribution >= 0.6 is 39.0 Å². The number of thioether (sulfide) groups is 1. The van der Waals surface area contributed by atoms with Crippen molar-refractivity contribution in [2.24, 2.45) is 0 Å². The summed E-state index contributed by atoms with van der Waals surface area (Å²) in [6, 6.07) is 10.2. The predicted molar refractivity (Wildman–Crippen MR) is 84.7 cm³/mol. The molecule has 0 aliphatic rings. The Morgan fingerprint density at radius 3 is 3.00 bits per heavy atom. The van der Waals surface area contributed by atoms with Crippen molar-refractivity contribution in [2.75, 3.05) is 0 Å². The molecule has 2 aromatic rings. The minimum Gasteiger partial charge on any atom is -0.478 e. The maximum Gasteiger partial charge on any atom is 0.328 e. The summed E-state index contributed by atoms with van der Waals surface area (Å²) < 4.78 is 1.08. The number of aliphatic carboxylic acids is 1. The highest BCUT2D eigenvalue weighted by Gasteiger charge is 2.00. The second-order valence-electron chi connectivity index (χ2n) is 3.76. The Labute approximate surface area is 128 Å². The van der Waals surface area contributed by atoms with Crippen LogP contribution in [0.3, 0.4) is 0 Å². The molecule has 2 nitrogen and oxygen atoms in total. The zero-order valence-corrected chi connectivity index (χ0v) is 13.1. The van der Waals surface area contributed by atoms with E-state index in [-0.39, 0.29) is 0 Å². The standard InChI is InChI=1S/C14H11BrO2S2/c15-11-2-1-3-12(7-11)19-9-13-6-10(8-18-13)4-5-14(16)17/h1-8H,9H2,(H,16,17). The smallest absolute Gasteiger partial charge is 0.328 e. The Hall–Kier alpha value is -1.04. The van der Waals surface area contributed by atoms with E-state index in [4.69, 9.17) is 5.11 Å². The third-order valence-corrected chi connectivity index (χ3v) is 4.94. The largest absolute Gasteiger partial charge is 0.478 e. The zero-order chi connectivity index (χ0) is 13.7. The van der Waals surface area contributed by atoms with Gasteiger partial charge < -0.3 is 5.11 Å². The van der Waals surface area contributed by atoms with Gasteiger partial charge in [-0.05, 0) is 41.3 Å². The van der Waals surface area contributed by atoms with Crippen LogP contribution in [-0.4, -0.2) is 11.1 Å². The van der Waals surface area contributed by atoms with E-state index < -0.39 is 5.97 Å². The van der Waals surface area contributed by atoms with E-state index in [1.807, 2.05) is 23.6 Å². The number of hydrogen-bond acceptors (Lipinski definition) is 3. The molecule has 0 radical (unpaired) electrons. The third-order valence-electron chi connectivity index (χ3n) is 2.27. The van der Waals surface area contributed by atoms with Gasteiger partial charge in [0.2, 0.25) is 0 Å². The lowest BCUT2D eigenvalue weighted by Gasteiger charge is -1.99. The van der Waals surface area contributed by atoms with E-state index in [1.54, 1.807) is 29.2 Å². The number of thiophene rings is 1. The fourth-order valence-corrected chi connectivity index (χ4v) is 3.85. The average Bonchev–Trinajstić information content (AvgIpc) is 2.82. The molecule has 1 aromatic heterocycles. The van der Waals surface area contributed by atoms with Gasteiger partial charge in [0.15, 0.2) is 0 Å². The molecule has 0 fully saturated rings. The topological polar surface area (TPSA) is 37.3 Å². The molecule has 98 valence electrons. The van der Waals surface area contributed by atoms with Crippen LogP contribution in [0, 0.1) is 0 Å². The van der Waals surface area contributed by atoms with Crippen LogP contribution in [0.25, 0.3) is 6.08 Å². The summed E-state index contributed by atoms with van der Waals surface area (Å²) in [6.45, 7) is 0. The van der Waals surface area contributed by atoms with Crippen LogP contribution < -0.4 is 0 Å². The van der Waals surface area contributed by atoms with Crippen molar-refractivity contribution in [1.29, 1.82) is 0 Å². The van der Waals surface area contributed by atoms with Gasteiger partial charge in [0.05, 0.1) is 0 Å². The van der Waals surface area contributed by atoms with E-state index in [2.05, 4.69) is 28.1 Å². The molecule has 0 saturated heterocycles. The van der Waals surface area contributed by atoms with Gasteiger partial charge in [-0.1, -0.05) is 22.0 Å². The minimum atomic E-state index is -0.920. The summed E-state index contributed by atoms with van der Waals surface area (Å²) in [4.78, 5) is 12.9. The van der Waals surface area contributed by atoms with Crippen molar-refractivity contribution >= 4 is 51.1 Å². The summed E-state index contributed by atoms with van der Waals surface area (Å²) in [5.74, 6) is -0.0292. The van der Waals surface area contributed by atoms with Crippen LogP contribution in [0.2, 0.25) is 0 Å². The van der Waals surface area contributed by atoms with E-state index in [0.29, 0.717) is 0 Å². The molecule has 1 aromatic carbocycles. The molecule has 0 bridgehead atoms. The number of carbonyl (C=O) groups is 1. The lowest BCUT2D eigenvalue weighted by Crippen LogP contribution is -1.84. The van der Waals surface area contributed by atoms with Gasteiger partial charge >= 0.3 is 5.97 Å². The van der Waals surface area contributed by atoms with Crippen molar-refractivity contribution in [3.63, 3.8) is 0 Å². The molecule has 0 aliphatic carbocycles. The Bertz CT molecular complexity index is 605. The monoisotopic (exact) mass is 354 g/mol. The number of hydrogen-bond donors (Lipinski definition) is 1. The molecule has 1 N–H and O–H groups in total. The Morgan fingerprint density at radius 1 is 1.42 bits per heavy atom. The molecule has 0 amide bonds. The molecule has 0 spiro atoms. The van der Waals surface area contributed by atoms with Gasteiger partial charge in [-0.25, -0.2) is 4.79 Å². The first kappa shape index (κ1) is 14.4. The Morgan fingerprint density at radius 2 is 2.26 bits per heavy atom. The number of carboxylic acids is 1. The lowest BCUT2D eigenvalue weighted by atomic mass is 10.3. The quantitative estimate of drug-likeness (QED) is 0.612. The maximum atomic E-state index is 10.4. The number of halogens is 1. The van der Waals surface area contributed by atoms with Crippen LogP contribution in [0.4, 0.5) is 0 Å². The van der Waals surface area contributed by atoms with Crippen molar-refractivity contribution in [1.82, 2.24) is 0 Å². The molecular weight excluding hydrogens is 344 g/mol. The SMILES string of the molecule is O=C(O)C=Cc1csc(CSc2cccc(Br)c2)c1. The first-order chi connectivity index (χ1) is 9.13. The molecule has 1 heterocycles. The van der Waals surface area contributed by atoms with E-state index in [9.17, 15) is 4.79 Å². The predicted octanol–water partition coefficient (Wildman–Crippen LogP) is 4.90. The summed E-state index contributed by atoms with van der Waals surface area (Å²) in [7, 11) is 0. The first-order valence-electron chi connectivity index (χ1n) is 5.50. The number of carboxylic acid groups (broad SMARTS) is 1. The molecule has 5 heteroatoms. The van der Waals surface area contributed by atoms with E-state index in [1.165, 1.54) is 9.77 Å². The summed E-state index contributed by atoms with van der Waals surface area (Å²) in [5, 5.41) is 10.5. The third kappa shape index (κ3) is 4.86. The zero-order valence-electron chi connectivity index (χ0n) is 9.88. The molecule has 0 atom stereocenters. The maximum absolute atomic E-state index is 10.4. The van der Waals surface area contributed by atoms with Gasteiger partial charge in [-0.2, -0.15) is 0 Å². The highest BCUT2D eigenvalue weighted by molar-refractivity contribution is 9.10. The summed E-state index contributed by atoms with van der Waals surface area (Å²) in [5.41, 5.74) is 0.942. The van der Waals surface area contributed by atoms with Gasteiger partial charge in [-0.3, -0.25) is 0 Å². The van der Waals surface area contributed by atoms with Crippen LogP contribution in [-0.2, 0) is 10.5 Å². The summed E-state index contributed by atoms with van der Waals surface area (Å²) >= 11 is 6.86.